The van der Waals surface area contributed by atoms with Crippen molar-refractivity contribution in [2.45, 2.75) is 38.0 Å². The first-order valence-electron chi connectivity index (χ1n) is 6.87. The van der Waals surface area contributed by atoms with Gasteiger partial charge in [0.05, 0.1) is 11.4 Å². The van der Waals surface area contributed by atoms with Crippen LogP contribution in [0.1, 0.15) is 33.1 Å². The van der Waals surface area contributed by atoms with Crippen molar-refractivity contribution >= 4 is 21.4 Å². The van der Waals surface area contributed by atoms with E-state index in [1.54, 1.807) is 6.07 Å². The van der Waals surface area contributed by atoms with E-state index >= 15 is 0 Å². The van der Waals surface area contributed by atoms with Crippen molar-refractivity contribution < 1.29 is 8.42 Å². The van der Waals surface area contributed by atoms with Gasteiger partial charge in [-0.05, 0) is 36.8 Å². The van der Waals surface area contributed by atoms with E-state index < -0.39 is 10.0 Å². The monoisotopic (exact) mass is 297 g/mol. The highest BCUT2D eigenvalue weighted by Gasteiger charge is 2.25. The van der Waals surface area contributed by atoms with Crippen molar-refractivity contribution in [3.05, 3.63) is 18.2 Å². The maximum atomic E-state index is 11.5. The van der Waals surface area contributed by atoms with Gasteiger partial charge in [-0.2, -0.15) is 0 Å². The highest BCUT2D eigenvalue weighted by atomic mass is 32.2. The minimum atomic E-state index is -3.78. The summed E-state index contributed by atoms with van der Waals surface area (Å²) >= 11 is 0. The Balaban J connectivity index is 2.34. The lowest BCUT2D eigenvalue weighted by Gasteiger charge is -2.26. The Morgan fingerprint density at radius 3 is 2.55 bits per heavy atom. The largest absolute Gasteiger partial charge is 0.396 e. The average Bonchev–Trinajstić information content (AvgIpc) is 2.49. The van der Waals surface area contributed by atoms with Crippen LogP contribution in [-0.2, 0) is 10.0 Å². The number of primary sulfonamides is 1. The SMILES string of the molecule is CC1(C)CCCN(c2cccc(S(N)(=O)=O)c2N)CC1. The fraction of sp³-hybridized carbons (Fsp3) is 0.571. The Bertz CT molecular complexity index is 596. The lowest BCUT2D eigenvalue weighted by atomic mass is 9.85. The molecule has 0 unspecified atom stereocenters. The van der Waals surface area contributed by atoms with E-state index in [4.69, 9.17) is 10.9 Å². The van der Waals surface area contributed by atoms with Crippen molar-refractivity contribution in [1.29, 1.82) is 0 Å². The third-order valence-corrected chi connectivity index (χ3v) is 5.00. The molecular formula is C14H23N3O2S. The zero-order valence-electron chi connectivity index (χ0n) is 12.1. The Kier molecular flexibility index (Phi) is 3.97. The summed E-state index contributed by atoms with van der Waals surface area (Å²) in [5, 5.41) is 5.20. The first-order valence-corrected chi connectivity index (χ1v) is 8.42. The normalized spacial score (nSPS) is 19.6. The van der Waals surface area contributed by atoms with Crippen LogP contribution in [0.4, 0.5) is 11.4 Å². The number of nitrogens with zero attached hydrogens (tertiary/aromatic N) is 1. The van der Waals surface area contributed by atoms with Gasteiger partial charge >= 0.3 is 0 Å². The molecule has 1 aliphatic rings. The number of benzene rings is 1. The van der Waals surface area contributed by atoms with Crippen molar-refractivity contribution in [2.24, 2.45) is 10.6 Å². The highest BCUT2D eigenvalue weighted by molar-refractivity contribution is 7.89. The second-order valence-electron chi connectivity index (χ2n) is 6.24. The van der Waals surface area contributed by atoms with Crippen LogP contribution >= 0.6 is 0 Å². The van der Waals surface area contributed by atoms with Gasteiger partial charge in [-0.15, -0.1) is 0 Å². The Morgan fingerprint density at radius 1 is 1.20 bits per heavy atom. The molecule has 0 radical (unpaired) electrons. The average molecular weight is 297 g/mol. The lowest BCUT2D eigenvalue weighted by molar-refractivity contribution is 0.325. The van der Waals surface area contributed by atoms with Crippen LogP contribution < -0.4 is 15.8 Å². The van der Waals surface area contributed by atoms with Crippen LogP contribution in [0.2, 0.25) is 0 Å². The van der Waals surface area contributed by atoms with Crippen molar-refractivity contribution in [1.82, 2.24) is 0 Å². The Morgan fingerprint density at radius 2 is 1.90 bits per heavy atom. The predicted octanol–water partition coefficient (Wildman–Crippen LogP) is 1.93. The molecule has 1 aliphatic heterocycles. The molecule has 0 amide bonds. The van der Waals surface area contributed by atoms with Crippen LogP contribution in [0.5, 0.6) is 0 Å². The number of nitrogen functional groups attached to an aromatic ring is 1. The first-order chi connectivity index (χ1) is 9.21. The Hall–Kier alpha value is -1.27. The minimum Gasteiger partial charge on any atom is -0.396 e. The van der Waals surface area contributed by atoms with Gasteiger partial charge in [0.1, 0.15) is 4.90 Å². The predicted molar refractivity (Wildman–Crippen MR) is 82.1 cm³/mol. The van der Waals surface area contributed by atoms with Crippen LogP contribution in [0.25, 0.3) is 0 Å². The molecule has 1 aromatic rings. The summed E-state index contributed by atoms with van der Waals surface area (Å²) in [5.74, 6) is 0. The molecule has 5 nitrogen and oxygen atoms in total. The molecule has 6 heteroatoms. The molecule has 1 heterocycles. The van der Waals surface area contributed by atoms with Gasteiger partial charge in [-0.25, -0.2) is 13.6 Å². The smallest absolute Gasteiger partial charge is 0.240 e. The molecule has 4 N–H and O–H groups in total. The summed E-state index contributed by atoms with van der Waals surface area (Å²) in [6, 6.07) is 5.01. The second-order valence-corrected chi connectivity index (χ2v) is 7.77. The minimum absolute atomic E-state index is 0.0125. The fourth-order valence-corrected chi connectivity index (χ4v) is 3.40. The van der Waals surface area contributed by atoms with Gasteiger partial charge in [0, 0.05) is 13.1 Å². The van der Waals surface area contributed by atoms with Gasteiger partial charge in [0.2, 0.25) is 10.0 Å². The molecule has 0 aromatic heterocycles. The molecule has 1 fully saturated rings. The summed E-state index contributed by atoms with van der Waals surface area (Å²) in [6.07, 6.45) is 3.30. The van der Waals surface area contributed by atoms with Crippen molar-refractivity contribution in [2.75, 3.05) is 23.7 Å². The van der Waals surface area contributed by atoms with Crippen molar-refractivity contribution in [3.8, 4) is 0 Å². The topological polar surface area (TPSA) is 89.4 Å². The summed E-state index contributed by atoms with van der Waals surface area (Å²) in [6.45, 7) is 6.30. The molecule has 20 heavy (non-hydrogen) atoms. The van der Waals surface area contributed by atoms with Crippen LogP contribution in [-0.4, -0.2) is 21.5 Å². The van der Waals surface area contributed by atoms with Gasteiger partial charge < -0.3 is 10.6 Å². The summed E-state index contributed by atoms with van der Waals surface area (Å²) < 4.78 is 23.1. The second kappa shape index (κ2) is 5.26. The van der Waals surface area contributed by atoms with Crippen molar-refractivity contribution in [3.63, 3.8) is 0 Å². The van der Waals surface area contributed by atoms with Gasteiger partial charge in [0.25, 0.3) is 0 Å². The summed E-state index contributed by atoms with van der Waals surface area (Å²) in [4.78, 5) is 2.18. The van der Waals surface area contributed by atoms with Gasteiger partial charge in [-0.3, -0.25) is 0 Å². The zero-order valence-corrected chi connectivity index (χ0v) is 12.9. The number of rotatable bonds is 2. The zero-order chi connectivity index (χ0) is 15.0. The molecule has 0 bridgehead atoms. The number of hydrogen-bond acceptors (Lipinski definition) is 4. The van der Waals surface area contributed by atoms with E-state index in [1.807, 2.05) is 6.07 Å². The summed E-state index contributed by atoms with van der Waals surface area (Å²) in [7, 11) is -3.78. The quantitative estimate of drug-likeness (QED) is 0.816. The fourth-order valence-electron chi connectivity index (χ4n) is 2.72. The molecule has 0 aliphatic carbocycles. The number of para-hydroxylation sites is 1. The van der Waals surface area contributed by atoms with Crippen LogP contribution in [0, 0.1) is 5.41 Å². The molecule has 0 saturated carbocycles. The number of hydrogen-bond donors (Lipinski definition) is 2. The van der Waals surface area contributed by atoms with Gasteiger partial charge in [0.15, 0.2) is 0 Å². The van der Waals surface area contributed by atoms with Crippen LogP contribution in [0.15, 0.2) is 23.1 Å². The molecule has 112 valence electrons. The standard InChI is InChI=1S/C14H23N3O2S/c1-14(2)7-4-9-17(10-8-14)11-5-3-6-12(13(11)15)20(16,18)19/h3,5-6H,4,7-10,15H2,1-2H3,(H2,16,18,19). The lowest BCUT2D eigenvalue weighted by Crippen LogP contribution is -2.27. The summed E-state index contributed by atoms with van der Waals surface area (Å²) in [5.41, 5.74) is 7.37. The molecule has 2 rings (SSSR count). The molecule has 1 aromatic carbocycles. The van der Waals surface area contributed by atoms with E-state index in [2.05, 4.69) is 18.7 Å². The number of anilines is 2. The van der Waals surface area contributed by atoms with E-state index in [0.717, 1.165) is 38.0 Å². The molecule has 1 saturated heterocycles. The van der Waals surface area contributed by atoms with Crippen LogP contribution in [0.3, 0.4) is 0 Å². The molecular weight excluding hydrogens is 274 g/mol. The molecule has 0 spiro atoms. The third kappa shape index (κ3) is 3.24. The van der Waals surface area contributed by atoms with Gasteiger partial charge in [-0.1, -0.05) is 19.9 Å². The van der Waals surface area contributed by atoms with E-state index in [1.165, 1.54) is 6.07 Å². The Labute approximate surface area is 121 Å². The number of nitrogens with two attached hydrogens (primary N) is 2. The maximum Gasteiger partial charge on any atom is 0.240 e. The third-order valence-electron chi connectivity index (χ3n) is 4.03. The first kappa shape index (κ1) is 15.1. The highest BCUT2D eigenvalue weighted by Crippen LogP contribution is 2.35. The van der Waals surface area contributed by atoms with E-state index in [0.29, 0.717) is 5.41 Å². The maximum absolute atomic E-state index is 11.5. The van der Waals surface area contributed by atoms with E-state index in [-0.39, 0.29) is 10.6 Å². The number of sulfonamides is 1. The molecule has 0 atom stereocenters. The van der Waals surface area contributed by atoms with E-state index in [9.17, 15) is 8.42 Å².